The third-order valence-electron chi connectivity index (χ3n) is 4.11. The topological polar surface area (TPSA) is 69.6 Å². The van der Waals surface area contributed by atoms with Crippen molar-refractivity contribution in [3.05, 3.63) is 58.2 Å². The zero-order valence-corrected chi connectivity index (χ0v) is 14.3. The Morgan fingerprint density at radius 2 is 2.08 bits per heavy atom. The van der Waals surface area contributed by atoms with Gasteiger partial charge in [-0.25, -0.2) is 4.68 Å². The first-order valence-corrected chi connectivity index (χ1v) is 8.30. The molecule has 1 aliphatic carbocycles. The van der Waals surface area contributed by atoms with Crippen molar-refractivity contribution in [1.82, 2.24) is 4.68 Å². The van der Waals surface area contributed by atoms with Gasteiger partial charge in [0.05, 0.1) is 7.11 Å². The van der Waals surface area contributed by atoms with Crippen molar-refractivity contribution in [1.29, 1.82) is 0 Å². The van der Waals surface area contributed by atoms with Gasteiger partial charge in [0.2, 0.25) is 0 Å². The fourth-order valence-electron chi connectivity index (χ4n) is 2.50. The Hall–Kier alpha value is -2.27. The quantitative estimate of drug-likeness (QED) is 0.646. The monoisotopic (exact) mass is 345 g/mol. The molecule has 1 aromatic heterocycles. The van der Waals surface area contributed by atoms with Gasteiger partial charge in [-0.3, -0.25) is 9.79 Å². The van der Waals surface area contributed by atoms with E-state index in [1.54, 1.807) is 25.3 Å². The number of benzene rings is 1. The molecule has 5 nitrogen and oxygen atoms in total. The number of carbonyl (C=O) groups excluding carboxylic acids is 1. The predicted molar refractivity (Wildman–Crippen MR) is 93.8 cm³/mol. The molecule has 1 saturated carbocycles. The number of Topliss-reactive ketones (excluding diaryl/α,β-unsaturated/α-hetero) is 1. The first-order chi connectivity index (χ1) is 11.6. The van der Waals surface area contributed by atoms with Crippen LogP contribution in [0.3, 0.4) is 0 Å². The summed E-state index contributed by atoms with van der Waals surface area (Å²) in [5.74, 6) is 7.22. The summed E-state index contributed by atoms with van der Waals surface area (Å²) in [6.07, 6.45) is 2.58. The number of ketones is 1. The lowest BCUT2D eigenvalue weighted by molar-refractivity contribution is 0.0984. The highest BCUT2D eigenvalue weighted by Crippen LogP contribution is 2.28. The van der Waals surface area contributed by atoms with Gasteiger partial charge in [-0.05, 0) is 42.5 Å². The Bertz CT molecular complexity index is 825. The van der Waals surface area contributed by atoms with Crippen LogP contribution in [0.15, 0.2) is 41.4 Å². The van der Waals surface area contributed by atoms with Crippen LogP contribution in [0.4, 0.5) is 0 Å². The van der Waals surface area contributed by atoms with Gasteiger partial charge in [0.15, 0.2) is 17.0 Å². The highest BCUT2D eigenvalue weighted by Gasteiger charge is 2.21. The van der Waals surface area contributed by atoms with E-state index in [2.05, 4.69) is 4.99 Å². The summed E-state index contributed by atoms with van der Waals surface area (Å²) in [6.45, 7) is 0.704. The highest BCUT2D eigenvalue weighted by molar-refractivity contribution is 6.31. The second-order valence-electron chi connectivity index (χ2n) is 5.96. The number of hydrogen-bond acceptors (Lipinski definition) is 4. The van der Waals surface area contributed by atoms with Crippen LogP contribution in [0.1, 0.15) is 28.9 Å². The van der Waals surface area contributed by atoms with Gasteiger partial charge < -0.3 is 10.6 Å². The van der Waals surface area contributed by atoms with E-state index in [9.17, 15) is 4.79 Å². The zero-order chi connectivity index (χ0) is 17.1. The molecular formula is C18H20ClN3O2. The Morgan fingerprint density at radius 1 is 1.33 bits per heavy atom. The van der Waals surface area contributed by atoms with Gasteiger partial charge in [-0.1, -0.05) is 29.8 Å². The molecule has 6 heteroatoms. The lowest BCUT2D eigenvalue weighted by Gasteiger charge is -2.12. The van der Waals surface area contributed by atoms with Gasteiger partial charge in [0.25, 0.3) is 0 Å². The van der Waals surface area contributed by atoms with Gasteiger partial charge in [-0.15, -0.1) is 0 Å². The molecule has 1 fully saturated rings. The first-order valence-electron chi connectivity index (χ1n) is 7.92. The third-order valence-corrected chi connectivity index (χ3v) is 4.48. The second kappa shape index (κ2) is 7.09. The Balaban J connectivity index is 1.92. The summed E-state index contributed by atoms with van der Waals surface area (Å²) in [4.78, 5) is 17.2. The molecule has 0 amide bonds. The van der Waals surface area contributed by atoms with Crippen molar-refractivity contribution in [3.8, 4) is 5.75 Å². The number of methoxy groups -OCH3 is 1. The molecule has 0 aliphatic heterocycles. The smallest absolute Gasteiger partial charge is 0.189 e. The second-order valence-corrected chi connectivity index (χ2v) is 6.36. The number of nitrogens with zero attached hydrogens (tertiary/aromatic N) is 2. The minimum absolute atomic E-state index is 0.115. The fourth-order valence-corrected chi connectivity index (χ4v) is 2.71. The number of pyridine rings is 1. The number of aromatic nitrogens is 1. The largest absolute Gasteiger partial charge is 0.493 e. The predicted octanol–water partition coefficient (Wildman–Crippen LogP) is 2.60. The fraction of sp³-hybridized carbons (Fsp3) is 0.333. The Labute approximate surface area is 145 Å². The van der Waals surface area contributed by atoms with Gasteiger partial charge in [0.1, 0.15) is 5.69 Å². The number of hydrogen-bond donors (Lipinski definition) is 1. The zero-order valence-electron chi connectivity index (χ0n) is 13.5. The highest BCUT2D eigenvalue weighted by atomic mass is 35.5. The lowest BCUT2D eigenvalue weighted by atomic mass is 10.1. The van der Waals surface area contributed by atoms with E-state index in [1.165, 1.54) is 17.5 Å². The van der Waals surface area contributed by atoms with Crippen molar-refractivity contribution >= 4 is 17.4 Å². The van der Waals surface area contributed by atoms with Crippen LogP contribution in [0.2, 0.25) is 5.02 Å². The Morgan fingerprint density at radius 3 is 2.75 bits per heavy atom. The maximum Gasteiger partial charge on any atom is 0.189 e. The van der Waals surface area contributed by atoms with Crippen LogP contribution in [-0.4, -0.2) is 24.1 Å². The third kappa shape index (κ3) is 3.62. The maximum atomic E-state index is 12.6. The van der Waals surface area contributed by atoms with Crippen molar-refractivity contribution in [2.75, 3.05) is 19.5 Å². The standard InChI is InChI=1S/C18H20ClN3O2/c1-24-17-9-8-15(22(20)18(17)21-11-12-6-7-12)16(23)10-13-4-2-3-5-14(13)19/h2-5,8-9,12H,6-7,10-11,20H2,1H3. The van der Waals surface area contributed by atoms with E-state index < -0.39 is 0 Å². The number of halogens is 1. The van der Waals surface area contributed by atoms with Crippen LogP contribution < -0.4 is 16.1 Å². The molecule has 0 spiro atoms. The minimum atomic E-state index is -0.115. The van der Waals surface area contributed by atoms with Gasteiger partial charge in [-0.2, -0.15) is 0 Å². The average Bonchev–Trinajstić information content (AvgIpc) is 3.39. The van der Waals surface area contributed by atoms with Crippen molar-refractivity contribution in [2.45, 2.75) is 19.3 Å². The number of nitrogen functional groups attached to an aromatic ring is 1. The number of nitrogens with two attached hydrogens (primary N) is 1. The summed E-state index contributed by atoms with van der Waals surface area (Å²) in [6, 6.07) is 10.7. The molecule has 1 aromatic carbocycles. The van der Waals surface area contributed by atoms with E-state index in [0.29, 0.717) is 34.4 Å². The minimum Gasteiger partial charge on any atom is -0.493 e. The molecule has 0 bridgehead atoms. The first kappa shape index (κ1) is 16.6. The SMILES string of the molecule is COc1ccc(C(=O)Cc2ccccc2Cl)n(N)c1=NCC1CC1. The van der Waals surface area contributed by atoms with E-state index >= 15 is 0 Å². The lowest BCUT2D eigenvalue weighted by Crippen LogP contribution is -2.34. The molecule has 1 heterocycles. The number of rotatable bonds is 6. The molecule has 0 radical (unpaired) electrons. The number of carbonyl (C=O) groups is 1. The summed E-state index contributed by atoms with van der Waals surface area (Å²) in [5, 5.41) is 0.571. The molecule has 3 rings (SSSR count). The molecule has 0 unspecified atom stereocenters. The molecule has 2 N–H and O–H groups in total. The van der Waals surface area contributed by atoms with E-state index in [1.807, 2.05) is 18.2 Å². The van der Waals surface area contributed by atoms with Crippen molar-refractivity contribution in [3.63, 3.8) is 0 Å². The summed E-state index contributed by atoms with van der Waals surface area (Å²) >= 11 is 6.14. The van der Waals surface area contributed by atoms with Crippen LogP contribution in [0, 0.1) is 5.92 Å². The summed E-state index contributed by atoms with van der Waals surface area (Å²) in [7, 11) is 1.57. The molecule has 0 saturated heterocycles. The summed E-state index contributed by atoms with van der Waals surface area (Å²) < 4.78 is 6.64. The van der Waals surface area contributed by atoms with Crippen LogP contribution in [0.25, 0.3) is 0 Å². The van der Waals surface area contributed by atoms with Crippen LogP contribution >= 0.6 is 11.6 Å². The molecule has 0 atom stereocenters. The van der Waals surface area contributed by atoms with E-state index in [0.717, 1.165) is 5.56 Å². The maximum absolute atomic E-state index is 12.6. The normalized spacial score (nSPS) is 14.7. The van der Waals surface area contributed by atoms with Crippen LogP contribution in [0.5, 0.6) is 5.75 Å². The van der Waals surface area contributed by atoms with Crippen LogP contribution in [-0.2, 0) is 6.42 Å². The molecule has 2 aromatic rings. The van der Waals surface area contributed by atoms with E-state index in [-0.39, 0.29) is 12.2 Å². The molecular weight excluding hydrogens is 326 g/mol. The number of ether oxygens (including phenoxy) is 1. The Kier molecular flexibility index (Phi) is 4.90. The van der Waals surface area contributed by atoms with Gasteiger partial charge >= 0.3 is 0 Å². The average molecular weight is 346 g/mol. The van der Waals surface area contributed by atoms with Crippen molar-refractivity contribution < 1.29 is 9.53 Å². The molecule has 24 heavy (non-hydrogen) atoms. The van der Waals surface area contributed by atoms with E-state index in [4.69, 9.17) is 22.2 Å². The van der Waals surface area contributed by atoms with Gasteiger partial charge in [0, 0.05) is 18.0 Å². The molecule has 126 valence electrons. The van der Waals surface area contributed by atoms with Crippen molar-refractivity contribution in [2.24, 2.45) is 10.9 Å². The molecule has 1 aliphatic rings. The summed E-state index contributed by atoms with van der Waals surface area (Å²) in [5.41, 5.74) is 1.65.